The van der Waals surface area contributed by atoms with Crippen LogP contribution in [-0.2, 0) is 4.79 Å². The number of nitrogens with one attached hydrogen (secondary N) is 2. The second-order valence-corrected chi connectivity index (χ2v) is 5.88. The molecule has 2 aromatic rings. The average molecular weight is 360 g/mol. The van der Waals surface area contributed by atoms with E-state index in [0.717, 1.165) is 0 Å². The Morgan fingerprint density at radius 1 is 1.12 bits per heavy atom. The number of hydrogen-bond acceptors (Lipinski definition) is 5. The van der Waals surface area contributed by atoms with Gasteiger partial charge >= 0.3 is 5.97 Å². The van der Waals surface area contributed by atoms with Crippen molar-refractivity contribution in [1.29, 1.82) is 0 Å². The molecule has 0 saturated heterocycles. The summed E-state index contributed by atoms with van der Waals surface area (Å²) >= 11 is 0. The predicted octanol–water partition coefficient (Wildman–Crippen LogP) is 2.52. The highest BCUT2D eigenvalue weighted by Crippen LogP contribution is 2.27. The van der Waals surface area contributed by atoms with Crippen molar-refractivity contribution in [2.45, 2.75) is 32.9 Å². The molecule has 1 atom stereocenters. The third kappa shape index (κ3) is 4.85. The smallest absolute Gasteiger partial charge is 0.335 e. The topological polar surface area (TPSA) is 118 Å². The van der Waals surface area contributed by atoms with Crippen molar-refractivity contribution in [3.05, 3.63) is 47.9 Å². The van der Waals surface area contributed by atoms with Crippen LogP contribution in [0.15, 0.2) is 41.2 Å². The molecule has 1 aromatic heterocycles. The third-order valence-electron chi connectivity index (χ3n) is 3.37. The van der Waals surface area contributed by atoms with Crippen LogP contribution in [0.1, 0.15) is 41.5 Å². The Bertz CT molecular complexity index is 798. The maximum atomic E-state index is 12.4. The van der Waals surface area contributed by atoms with E-state index >= 15 is 0 Å². The molecule has 1 unspecified atom stereocenters. The van der Waals surface area contributed by atoms with E-state index in [4.69, 9.17) is 14.3 Å². The Balaban J connectivity index is 2.14. The molecule has 8 heteroatoms. The van der Waals surface area contributed by atoms with Gasteiger partial charge in [-0.3, -0.25) is 9.59 Å². The highest BCUT2D eigenvalue weighted by Gasteiger charge is 2.20. The molecular weight excluding hydrogens is 340 g/mol. The maximum Gasteiger partial charge on any atom is 0.335 e. The fraction of sp³-hybridized carbons (Fsp3) is 0.278. The van der Waals surface area contributed by atoms with Gasteiger partial charge in [0, 0.05) is 0 Å². The lowest BCUT2D eigenvalue weighted by Gasteiger charge is -2.18. The summed E-state index contributed by atoms with van der Waals surface area (Å²) in [5, 5.41) is 14.3. The molecule has 0 radical (unpaired) electrons. The van der Waals surface area contributed by atoms with Crippen molar-refractivity contribution in [2.75, 3.05) is 5.32 Å². The van der Waals surface area contributed by atoms with Gasteiger partial charge in [-0.15, -0.1) is 0 Å². The molecule has 0 aliphatic rings. The van der Waals surface area contributed by atoms with E-state index in [1.807, 2.05) is 13.8 Å². The summed E-state index contributed by atoms with van der Waals surface area (Å²) in [4.78, 5) is 35.5. The Morgan fingerprint density at radius 3 is 2.42 bits per heavy atom. The number of benzene rings is 1. The SMILES string of the molecule is CC(C)Oc1ccc(C(=O)O)cc1NC(=O)C(C)NC(=O)c1ccoc1. The van der Waals surface area contributed by atoms with Gasteiger partial charge in [0.2, 0.25) is 5.91 Å². The van der Waals surface area contributed by atoms with Crippen molar-refractivity contribution in [1.82, 2.24) is 5.32 Å². The molecule has 0 saturated carbocycles. The van der Waals surface area contributed by atoms with Crippen LogP contribution in [0.2, 0.25) is 0 Å². The molecule has 0 aliphatic carbocycles. The first-order valence-corrected chi connectivity index (χ1v) is 7.96. The number of carboxylic acids is 1. The van der Waals surface area contributed by atoms with Crippen molar-refractivity contribution in [3.8, 4) is 5.75 Å². The van der Waals surface area contributed by atoms with Crippen LogP contribution in [0.25, 0.3) is 0 Å². The zero-order valence-electron chi connectivity index (χ0n) is 14.6. The lowest BCUT2D eigenvalue weighted by Crippen LogP contribution is -2.41. The van der Waals surface area contributed by atoms with Gasteiger partial charge in [0.05, 0.1) is 29.2 Å². The number of anilines is 1. The number of carboxylic acid groups (broad SMARTS) is 1. The standard InChI is InChI=1S/C18H20N2O6/c1-10(2)26-15-5-4-12(18(23)24)8-14(15)20-16(21)11(3)19-17(22)13-6-7-25-9-13/h4-11H,1-3H3,(H,19,22)(H,20,21)(H,23,24). The Labute approximate surface area is 150 Å². The Kier molecular flexibility index (Phi) is 6.00. The van der Waals surface area contributed by atoms with Crippen LogP contribution in [0, 0.1) is 0 Å². The molecule has 0 fully saturated rings. The van der Waals surface area contributed by atoms with Crippen LogP contribution in [0.4, 0.5) is 5.69 Å². The van der Waals surface area contributed by atoms with Crippen LogP contribution in [-0.4, -0.2) is 35.0 Å². The lowest BCUT2D eigenvalue weighted by atomic mass is 10.1. The van der Waals surface area contributed by atoms with Crippen molar-refractivity contribution >= 4 is 23.5 Å². The number of furan rings is 1. The Hall–Kier alpha value is -3.29. The quantitative estimate of drug-likeness (QED) is 0.698. The Morgan fingerprint density at radius 2 is 1.85 bits per heavy atom. The molecule has 0 aliphatic heterocycles. The van der Waals surface area contributed by atoms with Gasteiger partial charge in [0.1, 0.15) is 18.1 Å². The van der Waals surface area contributed by atoms with Crippen molar-refractivity contribution in [2.24, 2.45) is 0 Å². The summed E-state index contributed by atoms with van der Waals surface area (Å²) in [7, 11) is 0. The van der Waals surface area contributed by atoms with Gasteiger partial charge < -0.3 is 24.9 Å². The highest BCUT2D eigenvalue weighted by atomic mass is 16.5. The molecule has 26 heavy (non-hydrogen) atoms. The molecule has 2 amide bonds. The minimum Gasteiger partial charge on any atom is -0.489 e. The maximum absolute atomic E-state index is 12.4. The number of ether oxygens (including phenoxy) is 1. The molecule has 2 rings (SSSR count). The van der Waals surface area contributed by atoms with Gasteiger partial charge in [-0.25, -0.2) is 4.79 Å². The minimum atomic E-state index is -1.13. The normalized spacial score (nSPS) is 11.7. The second-order valence-electron chi connectivity index (χ2n) is 5.88. The summed E-state index contributed by atoms with van der Waals surface area (Å²) < 4.78 is 10.4. The van der Waals surface area contributed by atoms with E-state index < -0.39 is 23.8 Å². The van der Waals surface area contributed by atoms with E-state index in [1.54, 1.807) is 0 Å². The van der Waals surface area contributed by atoms with E-state index in [1.165, 1.54) is 43.7 Å². The first-order valence-electron chi connectivity index (χ1n) is 7.96. The predicted molar refractivity (Wildman–Crippen MR) is 93.4 cm³/mol. The number of hydrogen-bond donors (Lipinski definition) is 3. The molecule has 3 N–H and O–H groups in total. The monoisotopic (exact) mass is 360 g/mol. The highest BCUT2D eigenvalue weighted by molar-refractivity contribution is 6.02. The van der Waals surface area contributed by atoms with Crippen LogP contribution < -0.4 is 15.4 Å². The zero-order chi connectivity index (χ0) is 19.3. The van der Waals surface area contributed by atoms with Gasteiger partial charge in [0.25, 0.3) is 5.91 Å². The molecule has 1 heterocycles. The molecule has 8 nitrogen and oxygen atoms in total. The summed E-state index contributed by atoms with van der Waals surface area (Å²) in [6, 6.07) is 4.79. The van der Waals surface area contributed by atoms with E-state index in [0.29, 0.717) is 11.3 Å². The summed E-state index contributed by atoms with van der Waals surface area (Å²) in [6.07, 6.45) is 2.46. The minimum absolute atomic E-state index is 0.00601. The van der Waals surface area contributed by atoms with Crippen molar-refractivity contribution < 1.29 is 28.6 Å². The fourth-order valence-electron chi connectivity index (χ4n) is 2.10. The third-order valence-corrected chi connectivity index (χ3v) is 3.37. The van der Waals surface area contributed by atoms with E-state index in [9.17, 15) is 14.4 Å². The van der Waals surface area contributed by atoms with Crippen LogP contribution in [0.3, 0.4) is 0 Å². The van der Waals surface area contributed by atoms with Crippen molar-refractivity contribution in [3.63, 3.8) is 0 Å². The second kappa shape index (κ2) is 8.19. The number of carbonyl (C=O) groups is 3. The zero-order valence-corrected chi connectivity index (χ0v) is 14.6. The van der Waals surface area contributed by atoms with Crippen LogP contribution in [0.5, 0.6) is 5.75 Å². The first-order chi connectivity index (χ1) is 12.3. The molecule has 1 aromatic carbocycles. The fourth-order valence-corrected chi connectivity index (χ4v) is 2.10. The summed E-state index contributed by atoms with van der Waals surface area (Å²) in [5.74, 6) is -1.76. The van der Waals surface area contributed by atoms with Crippen LogP contribution >= 0.6 is 0 Å². The number of aromatic carboxylic acids is 1. The number of carbonyl (C=O) groups excluding carboxylic acids is 2. The van der Waals surface area contributed by atoms with Gasteiger partial charge in [0.15, 0.2) is 0 Å². The lowest BCUT2D eigenvalue weighted by molar-refractivity contribution is -0.117. The van der Waals surface area contributed by atoms with E-state index in [2.05, 4.69) is 10.6 Å². The van der Waals surface area contributed by atoms with E-state index in [-0.39, 0.29) is 17.4 Å². The molecule has 138 valence electrons. The first kappa shape index (κ1) is 19.0. The van der Waals surface area contributed by atoms with Gasteiger partial charge in [-0.2, -0.15) is 0 Å². The summed E-state index contributed by atoms with van der Waals surface area (Å²) in [6.45, 7) is 5.13. The molecule has 0 spiro atoms. The number of rotatable bonds is 7. The molecular formula is C18H20N2O6. The largest absolute Gasteiger partial charge is 0.489 e. The van der Waals surface area contributed by atoms with Gasteiger partial charge in [-0.05, 0) is 45.0 Å². The number of amides is 2. The average Bonchev–Trinajstić information content (AvgIpc) is 3.10. The van der Waals surface area contributed by atoms with Gasteiger partial charge in [-0.1, -0.05) is 0 Å². The molecule has 0 bridgehead atoms. The summed E-state index contributed by atoms with van der Waals surface area (Å²) in [5.41, 5.74) is 0.515.